The van der Waals surface area contributed by atoms with Gasteiger partial charge in [-0.2, -0.15) is 0 Å². The molecule has 13 heavy (non-hydrogen) atoms. The smallest absolute Gasteiger partial charge is 0.321 e. The van der Waals surface area contributed by atoms with Gasteiger partial charge in [0.2, 0.25) is 0 Å². The van der Waals surface area contributed by atoms with Crippen LogP contribution in [0.3, 0.4) is 0 Å². The van der Waals surface area contributed by atoms with Crippen LogP contribution in [0.5, 0.6) is 0 Å². The Labute approximate surface area is 78.5 Å². The number of carboxylic acid groups (broad SMARTS) is 1. The van der Waals surface area contributed by atoms with Crippen LogP contribution in [-0.2, 0) is 4.79 Å². The average Bonchev–Trinajstić information content (AvgIpc) is 2.58. The van der Waals surface area contributed by atoms with E-state index in [9.17, 15) is 4.79 Å². The fourth-order valence-corrected chi connectivity index (χ4v) is 1.42. The third-order valence-electron chi connectivity index (χ3n) is 2.79. The zero-order valence-electron chi connectivity index (χ0n) is 8.21. The van der Waals surface area contributed by atoms with Gasteiger partial charge in [-0.1, -0.05) is 13.8 Å². The highest BCUT2D eigenvalue weighted by Crippen LogP contribution is 2.50. The highest BCUT2D eigenvalue weighted by atomic mass is 16.4. The third kappa shape index (κ3) is 2.97. The van der Waals surface area contributed by atoms with Gasteiger partial charge in [0.15, 0.2) is 0 Å². The van der Waals surface area contributed by atoms with E-state index in [2.05, 4.69) is 19.2 Å². The molecule has 1 saturated carbocycles. The van der Waals surface area contributed by atoms with Crippen molar-refractivity contribution >= 4 is 5.97 Å². The van der Waals surface area contributed by atoms with E-state index in [-0.39, 0.29) is 0 Å². The minimum Gasteiger partial charge on any atom is -0.480 e. The Morgan fingerprint density at radius 1 is 1.77 bits per heavy atom. The van der Waals surface area contributed by atoms with Gasteiger partial charge in [0.1, 0.15) is 6.04 Å². The van der Waals surface area contributed by atoms with E-state index in [0.717, 1.165) is 6.54 Å². The van der Waals surface area contributed by atoms with Gasteiger partial charge in [-0.25, -0.2) is 0 Å². The van der Waals surface area contributed by atoms with Crippen molar-refractivity contribution < 1.29 is 9.90 Å². The summed E-state index contributed by atoms with van der Waals surface area (Å²) in [5.41, 5.74) is 5.77. The minimum atomic E-state index is -0.942. The molecule has 0 bridgehead atoms. The van der Waals surface area contributed by atoms with Gasteiger partial charge in [0.25, 0.3) is 0 Å². The molecule has 1 fully saturated rings. The fraction of sp³-hybridized carbons (Fsp3) is 0.889. The van der Waals surface area contributed by atoms with Crippen LogP contribution in [0, 0.1) is 11.3 Å². The molecule has 0 aromatic carbocycles. The molecule has 0 radical (unpaired) electrons. The second-order valence-corrected chi connectivity index (χ2v) is 4.49. The summed E-state index contributed by atoms with van der Waals surface area (Å²) >= 11 is 0. The Hall–Kier alpha value is -0.610. The molecule has 4 nitrogen and oxygen atoms in total. The maximum atomic E-state index is 10.4. The summed E-state index contributed by atoms with van der Waals surface area (Å²) in [5.74, 6) is -0.254. The maximum absolute atomic E-state index is 10.4. The Kier molecular flexibility index (Phi) is 2.93. The van der Waals surface area contributed by atoms with Crippen molar-refractivity contribution in [1.82, 2.24) is 5.32 Å². The van der Waals surface area contributed by atoms with E-state index in [1.165, 1.54) is 6.42 Å². The number of aliphatic carboxylic acids is 1. The van der Waals surface area contributed by atoms with Gasteiger partial charge in [-0.05, 0) is 24.3 Å². The SMILES string of the molecule is CC1(C)CC1CNCC(N)C(=O)O. The molecule has 0 aromatic rings. The van der Waals surface area contributed by atoms with E-state index >= 15 is 0 Å². The number of hydrogen-bond acceptors (Lipinski definition) is 3. The van der Waals surface area contributed by atoms with Gasteiger partial charge in [0, 0.05) is 6.54 Å². The lowest BCUT2D eigenvalue weighted by molar-refractivity contribution is -0.138. The molecular formula is C9H18N2O2. The second-order valence-electron chi connectivity index (χ2n) is 4.49. The molecule has 1 aliphatic carbocycles. The van der Waals surface area contributed by atoms with E-state index < -0.39 is 12.0 Å². The molecule has 0 amide bonds. The lowest BCUT2D eigenvalue weighted by Crippen LogP contribution is -2.41. The molecule has 76 valence electrons. The average molecular weight is 186 g/mol. The summed E-state index contributed by atoms with van der Waals surface area (Å²) in [4.78, 5) is 10.4. The van der Waals surface area contributed by atoms with Crippen LogP contribution in [-0.4, -0.2) is 30.2 Å². The number of nitrogens with one attached hydrogen (secondary N) is 1. The van der Waals surface area contributed by atoms with Crippen molar-refractivity contribution in [2.24, 2.45) is 17.1 Å². The fourth-order valence-electron chi connectivity index (χ4n) is 1.42. The van der Waals surface area contributed by atoms with Gasteiger partial charge in [-0.15, -0.1) is 0 Å². The van der Waals surface area contributed by atoms with Crippen molar-refractivity contribution in [3.05, 3.63) is 0 Å². The van der Waals surface area contributed by atoms with Gasteiger partial charge in [0.05, 0.1) is 0 Å². The lowest BCUT2D eigenvalue weighted by Gasteiger charge is -2.08. The maximum Gasteiger partial charge on any atom is 0.321 e. The van der Waals surface area contributed by atoms with Crippen LogP contribution in [0.15, 0.2) is 0 Å². The molecule has 4 heteroatoms. The van der Waals surface area contributed by atoms with Crippen molar-refractivity contribution in [3.8, 4) is 0 Å². The number of carboxylic acids is 1. The Balaban J connectivity index is 2.06. The number of carbonyl (C=O) groups is 1. The number of rotatable bonds is 5. The molecular weight excluding hydrogens is 168 g/mol. The summed E-state index contributed by atoms with van der Waals surface area (Å²) < 4.78 is 0. The largest absolute Gasteiger partial charge is 0.480 e. The van der Waals surface area contributed by atoms with Crippen LogP contribution in [0.4, 0.5) is 0 Å². The van der Waals surface area contributed by atoms with E-state index in [0.29, 0.717) is 17.9 Å². The molecule has 0 heterocycles. The standard InChI is InChI=1S/C9H18N2O2/c1-9(2)3-6(9)4-11-5-7(10)8(12)13/h6-7,11H,3-5,10H2,1-2H3,(H,12,13). The predicted octanol–water partition coefficient (Wildman–Crippen LogP) is 0.0340. The van der Waals surface area contributed by atoms with Crippen molar-refractivity contribution in [1.29, 1.82) is 0 Å². The van der Waals surface area contributed by atoms with Crippen LogP contribution in [0.2, 0.25) is 0 Å². The quantitative estimate of drug-likeness (QED) is 0.566. The Morgan fingerprint density at radius 3 is 2.69 bits per heavy atom. The highest BCUT2D eigenvalue weighted by molar-refractivity contribution is 5.73. The number of nitrogens with two attached hydrogens (primary N) is 1. The summed E-state index contributed by atoms with van der Waals surface area (Å²) in [6, 6.07) is -0.776. The van der Waals surface area contributed by atoms with Crippen molar-refractivity contribution in [3.63, 3.8) is 0 Å². The van der Waals surface area contributed by atoms with Gasteiger partial charge < -0.3 is 16.2 Å². The first-order valence-corrected chi connectivity index (χ1v) is 4.62. The van der Waals surface area contributed by atoms with Gasteiger partial charge >= 0.3 is 5.97 Å². The lowest BCUT2D eigenvalue weighted by atomic mass is 10.1. The zero-order chi connectivity index (χ0) is 10.1. The summed E-state index contributed by atoms with van der Waals surface area (Å²) in [5, 5.41) is 11.6. The van der Waals surface area contributed by atoms with Crippen LogP contribution >= 0.6 is 0 Å². The zero-order valence-corrected chi connectivity index (χ0v) is 8.21. The van der Waals surface area contributed by atoms with Crippen molar-refractivity contribution in [2.75, 3.05) is 13.1 Å². The van der Waals surface area contributed by atoms with Crippen LogP contribution < -0.4 is 11.1 Å². The molecule has 1 aliphatic rings. The monoisotopic (exact) mass is 186 g/mol. The molecule has 0 spiro atoms. The molecule has 0 aliphatic heterocycles. The summed E-state index contributed by atoms with van der Waals surface area (Å²) in [6.45, 7) is 5.68. The van der Waals surface area contributed by atoms with Crippen LogP contribution in [0.1, 0.15) is 20.3 Å². The minimum absolute atomic E-state index is 0.363. The Bertz CT molecular complexity index is 204. The van der Waals surface area contributed by atoms with Crippen LogP contribution in [0.25, 0.3) is 0 Å². The molecule has 4 N–H and O–H groups in total. The Morgan fingerprint density at radius 2 is 2.31 bits per heavy atom. The first kappa shape index (κ1) is 10.5. The normalized spacial score (nSPS) is 26.8. The second kappa shape index (κ2) is 3.64. The third-order valence-corrected chi connectivity index (χ3v) is 2.79. The molecule has 0 aromatic heterocycles. The summed E-state index contributed by atoms with van der Waals surface area (Å²) in [6.07, 6.45) is 1.22. The van der Waals surface area contributed by atoms with E-state index in [4.69, 9.17) is 10.8 Å². The van der Waals surface area contributed by atoms with Crippen molar-refractivity contribution in [2.45, 2.75) is 26.3 Å². The molecule has 0 saturated heterocycles. The predicted molar refractivity (Wildman–Crippen MR) is 50.4 cm³/mol. The topological polar surface area (TPSA) is 75.3 Å². The number of hydrogen-bond donors (Lipinski definition) is 3. The molecule has 2 unspecified atom stereocenters. The first-order valence-electron chi connectivity index (χ1n) is 4.62. The van der Waals surface area contributed by atoms with Gasteiger partial charge in [-0.3, -0.25) is 4.79 Å². The first-order chi connectivity index (χ1) is 5.93. The van der Waals surface area contributed by atoms with E-state index in [1.807, 2.05) is 0 Å². The highest BCUT2D eigenvalue weighted by Gasteiger charge is 2.44. The molecule has 1 rings (SSSR count). The van der Waals surface area contributed by atoms with E-state index in [1.54, 1.807) is 0 Å². The summed E-state index contributed by atoms with van der Waals surface area (Å²) in [7, 11) is 0. The molecule has 2 atom stereocenters.